The molecule has 2 aromatic rings. The number of benzene rings is 1. The molecule has 0 bridgehead atoms. The van der Waals surface area contributed by atoms with E-state index in [-0.39, 0.29) is 11.8 Å². The molecule has 84 valence electrons. The minimum Gasteiger partial charge on any atom is -0.508 e. The van der Waals surface area contributed by atoms with Crippen LogP contribution in [-0.4, -0.2) is 16.1 Å². The van der Waals surface area contributed by atoms with Gasteiger partial charge in [-0.25, -0.2) is 4.98 Å². The van der Waals surface area contributed by atoms with E-state index in [9.17, 15) is 5.11 Å². The first-order chi connectivity index (χ1) is 7.65. The van der Waals surface area contributed by atoms with Crippen LogP contribution in [0.1, 0.15) is 12.7 Å². The number of aromatic nitrogens is 1. The van der Waals surface area contributed by atoms with Gasteiger partial charge in [-0.1, -0.05) is 6.07 Å². The summed E-state index contributed by atoms with van der Waals surface area (Å²) in [4.78, 5) is 4.15. The fraction of sp³-hybridized carbons (Fsp3) is 0.250. The third-order valence-corrected chi connectivity index (χ3v) is 2.17. The highest BCUT2D eigenvalue weighted by molar-refractivity contribution is 5.55. The van der Waals surface area contributed by atoms with Gasteiger partial charge in [-0.05, 0) is 25.1 Å². The fourth-order valence-corrected chi connectivity index (χ4v) is 1.49. The molecule has 0 spiro atoms. The molecule has 0 radical (unpaired) electrons. The second kappa shape index (κ2) is 4.37. The molecule has 1 aromatic heterocycles. The lowest BCUT2D eigenvalue weighted by atomic mass is 10.2. The van der Waals surface area contributed by atoms with Crippen molar-refractivity contribution in [3.63, 3.8) is 0 Å². The van der Waals surface area contributed by atoms with Crippen molar-refractivity contribution in [3.05, 3.63) is 36.2 Å². The van der Waals surface area contributed by atoms with Crippen LogP contribution in [-0.2, 0) is 6.42 Å². The van der Waals surface area contributed by atoms with Crippen LogP contribution >= 0.6 is 0 Å². The van der Waals surface area contributed by atoms with E-state index in [0.717, 1.165) is 11.3 Å². The molecule has 2 rings (SSSR count). The molecule has 0 saturated carbocycles. The maximum atomic E-state index is 9.34. The molecule has 1 unspecified atom stereocenters. The van der Waals surface area contributed by atoms with Gasteiger partial charge in [0.1, 0.15) is 11.5 Å². The average Bonchev–Trinajstić information content (AvgIpc) is 2.65. The maximum absolute atomic E-state index is 9.34. The van der Waals surface area contributed by atoms with Crippen LogP contribution in [0.4, 0.5) is 0 Å². The van der Waals surface area contributed by atoms with E-state index in [1.165, 1.54) is 0 Å². The lowest BCUT2D eigenvalue weighted by Gasteiger charge is -2.00. The van der Waals surface area contributed by atoms with Crippen molar-refractivity contribution in [1.29, 1.82) is 0 Å². The van der Waals surface area contributed by atoms with Gasteiger partial charge < -0.3 is 15.3 Å². The van der Waals surface area contributed by atoms with Crippen molar-refractivity contribution in [2.75, 3.05) is 0 Å². The smallest absolute Gasteiger partial charge is 0.226 e. The van der Waals surface area contributed by atoms with Gasteiger partial charge in [0.05, 0.1) is 6.20 Å². The summed E-state index contributed by atoms with van der Waals surface area (Å²) < 4.78 is 5.53. The number of hydrogen-bond donors (Lipinski definition) is 2. The topological polar surface area (TPSA) is 72.3 Å². The van der Waals surface area contributed by atoms with Crippen molar-refractivity contribution >= 4 is 0 Å². The number of phenolic OH excluding ortho intramolecular Hbond substituents is 1. The van der Waals surface area contributed by atoms with Crippen LogP contribution in [0.15, 0.2) is 34.9 Å². The molecule has 0 aliphatic heterocycles. The second-order valence-electron chi connectivity index (χ2n) is 3.86. The molecular weight excluding hydrogens is 204 g/mol. The molecule has 4 heteroatoms. The van der Waals surface area contributed by atoms with Crippen molar-refractivity contribution in [2.45, 2.75) is 19.4 Å². The molecule has 0 fully saturated rings. The summed E-state index contributed by atoms with van der Waals surface area (Å²) in [5.74, 6) is 1.46. The SMILES string of the molecule is CC(N)Cc1cnc(-c2cccc(O)c2)o1. The molecule has 0 saturated heterocycles. The Kier molecular flexibility index (Phi) is 2.92. The van der Waals surface area contributed by atoms with E-state index in [1.807, 2.05) is 13.0 Å². The molecule has 1 heterocycles. The standard InChI is InChI=1S/C12H14N2O2/c1-8(13)5-11-7-14-12(16-11)9-3-2-4-10(15)6-9/h2-4,6-8,15H,5,13H2,1H3. The Balaban J connectivity index is 2.24. The molecule has 1 atom stereocenters. The predicted octanol–water partition coefficient (Wildman–Crippen LogP) is 1.94. The average molecular weight is 218 g/mol. The Morgan fingerprint density at radius 1 is 1.50 bits per heavy atom. The van der Waals surface area contributed by atoms with E-state index >= 15 is 0 Å². The summed E-state index contributed by atoms with van der Waals surface area (Å²) in [6.45, 7) is 1.91. The van der Waals surface area contributed by atoms with Gasteiger partial charge in [-0.3, -0.25) is 0 Å². The highest BCUT2D eigenvalue weighted by Crippen LogP contribution is 2.23. The number of hydrogen-bond acceptors (Lipinski definition) is 4. The van der Waals surface area contributed by atoms with Crippen LogP contribution in [0.2, 0.25) is 0 Å². The normalized spacial score (nSPS) is 12.6. The number of oxazole rings is 1. The van der Waals surface area contributed by atoms with Crippen LogP contribution in [0.5, 0.6) is 5.75 Å². The van der Waals surface area contributed by atoms with Gasteiger partial charge in [0, 0.05) is 18.0 Å². The highest BCUT2D eigenvalue weighted by atomic mass is 16.4. The van der Waals surface area contributed by atoms with Gasteiger partial charge in [0.2, 0.25) is 5.89 Å². The third-order valence-electron chi connectivity index (χ3n) is 2.17. The molecular formula is C12H14N2O2. The van der Waals surface area contributed by atoms with Gasteiger partial charge in [-0.2, -0.15) is 0 Å². The van der Waals surface area contributed by atoms with Crippen LogP contribution in [0.25, 0.3) is 11.5 Å². The Morgan fingerprint density at radius 3 is 3.00 bits per heavy atom. The predicted molar refractivity (Wildman–Crippen MR) is 61.0 cm³/mol. The van der Waals surface area contributed by atoms with Gasteiger partial charge in [-0.15, -0.1) is 0 Å². The summed E-state index contributed by atoms with van der Waals surface area (Å²) in [5, 5.41) is 9.34. The molecule has 1 aromatic carbocycles. The zero-order chi connectivity index (χ0) is 11.5. The first-order valence-corrected chi connectivity index (χ1v) is 5.15. The third kappa shape index (κ3) is 2.41. The van der Waals surface area contributed by atoms with Crippen LogP contribution < -0.4 is 5.73 Å². The Morgan fingerprint density at radius 2 is 2.31 bits per heavy atom. The molecule has 0 amide bonds. The largest absolute Gasteiger partial charge is 0.508 e. The summed E-state index contributed by atoms with van der Waals surface area (Å²) in [6, 6.07) is 6.85. The first kappa shape index (κ1) is 10.7. The second-order valence-corrected chi connectivity index (χ2v) is 3.86. The minimum atomic E-state index is 0.0463. The van der Waals surface area contributed by atoms with Crippen LogP contribution in [0.3, 0.4) is 0 Å². The van der Waals surface area contributed by atoms with Gasteiger partial charge in [0.25, 0.3) is 0 Å². The number of nitrogens with two attached hydrogens (primary N) is 1. The van der Waals surface area contributed by atoms with E-state index in [1.54, 1.807) is 24.4 Å². The molecule has 0 aliphatic rings. The summed E-state index contributed by atoms with van der Waals surface area (Å²) in [5.41, 5.74) is 6.43. The molecule has 3 N–H and O–H groups in total. The maximum Gasteiger partial charge on any atom is 0.226 e. The lowest BCUT2D eigenvalue weighted by molar-refractivity contribution is 0.473. The monoisotopic (exact) mass is 218 g/mol. The Labute approximate surface area is 93.7 Å². The number of nitrogens with zero attached hydrogens (tertiary/aromatic N) is 1. The zero-order valence-electron chi connectivity index (χ0n) is 9.05. The van der Waals surface area contributed by atoms with Crippen molar-refractivity contribution < 1.29 is 9.52 Å². The summed E-state index contributed by atoms with van der Waals surface area (Å²) in [7, 11) is 0. The van der Waals surface area contributed by atoms with Crippen molar-refractivity contribution in [1.82, 2.24) is 4.98 Å². The quantitative estimate of drug-likeness (QED) is 0.825. The van der Waals surface area contributed by atoms with E-state index < -0.39 is 0 Å². The first-order valence-electron chi connectivity index (χ1n) is 5.15. The molecule has 4 nitrogen and oxygen atoms in total. The summed E-state index contributed by atoms with van der Waals surface area (Å²) in [6.07, 6.45) is 2.33. The van der Waals surface area contributed by atoms with Crippen molar-refractivity contribution in [3.8, 4) is 17.2 Å². The summed E-state index contributed by atoms with van der Waals surface area (Å²) >= 11 is 0. The lowest BCUT2D eigenvalue weighted by Crippen LogP contribution is -2.17. The number of rotatable bonds is 3. The molecule has 16 heavy (non-hydrogen) atoms. The Hall–Kier alpha value is -1.81. The van der Waals surface area contributed by atoms with E-state index in [2.05, 4.69) is 4.98 Å². The minimum absolute atomic E-state index is 0.0463. The van der Waals surface area contributed by atoms with Crippen molar-refractivity contribution in [2.24, 2.45) is 5.73 Å². The van der Waals surface area contributed by atoms with E-state index in [4.69, 9.17) is 10.2 Å². The van der Waals surface area contributed by atoms with Gasteiger partial charge >= 0.3 is 0 Å². The Bertz CT molecular complexity index is 477. The van der Waals surface area contributed by atoms with E-state index in [0.29, 0.717) is 12.3 Å². The zero-order valence-corrected chi connectivity index (χ0v) is 9.05. The molecule has 0 aliphatic carbocycles. The number of phenols is 1. The van der Waals surface area contributed by atoms with Gasteiger partial charge in [0.15, 0.2) is 0 Å². The number of aromatic hydroxyl groups is 1. The van der Waals surface area contributed by atoms with Crippen LogP contribution in [0, 0.1) is 0 Å². The highest BCUT2D eigenvalue weighted by Gasteiger charge is 2.08. The fourth-order valence-electron chi connectivity index (χ4n) is 1.49.